The molecule has 2 rings (SSSR count). The molecular weight excluding hydrogens is 392 g/mol. The van der Waals surface area contributed by atoms with Crippen molar-refractivity contribution in [1.82, 2.24) is 0 Å². The van der Waals surface area contributed by atoms with E-state index in [1.54, 1.807) is 19.9 Å². The van der Waals surface area contributed by atoms with E-state index in [1.165, 1.54) is 0 Å². The van der Waals surface area contributed by atoms with Gasteiger partial charge in [-0.3, -0.25) is 9.59 Å². The van der Waals surface area contributed by atoms with E-state index in [0.717, 1.165) is 6.42 Å². The number of carbonyl (C=O) groups is 2. The Morgan fingerprint density at radius 3 is 2.52 bits per heavy atom. The van der Waals surface area contributed by atoms with Crippen molar-refractivity contribution in [3.8, 4) is 11.5 Å². The van der Waals surface area contributed by atoms with Gasteiger partial charge >= 0.3 is 0 Å². The SMILES string of the molecule is C/C(=C\Cc1c(O)c(Cl)c(C)c(C=O)c1O)C(O)C[C@@]1(C)[C@H](C)CCC(=O)[C@@H]1C. The summed E-state index contributed by atoms with van der Waals surface area (Å²) in [6.45, 7) is 9.45. The highest BCUT2D eigenvalue weighted by molar-refractivity contribution is 6.33. The number of phenols is 2. The third-order valence-electron chi connectivity index (χ3n) is 7.09. The highest BCUT2D eigenvalue weighted by Gasteiger charge is 2.44. The molecule has 1 aliphatic carbocycles. The van der Waals surface area contributed by atoms with E-state index in [9.17, 15) is 24.9 Å². The van der Waals surface area contributed by atoms with Crippen molar-refractivity contribution in [1.29, 1.82) is 0 Å². The highest BCUT2D eigenvalue weighted by atomic mass is 35.5. The maximum atomic E-state index is 12.2. The molecule has 0 radical (unpaired) electrons. The molecule has 0 spiro atoms. The lowest BCUT2D eigenvalue weighted by Gasteiger charge is -2.45. The van der Waals surface area contributed by atoms with Gasteiger partial charge in [0.1, 0.15) is 17.3 Å². The number of carbonyl (C=O) groups excluding carboxylic acids is 2. The molecule has 1 fully saturated rings. The summed E-state index contributed by atoms with van der Waals surface area (Å²) >= 11 is 6.09. The van der Waals surface area contributed by atoms with Crippen molar-refractivity contribution in [3.05, 3.63) is 33.4 Å². The Morgan fingerprint density at radius 1 is 1.31 bits per heavy atom. The summed E-state index contributed by atoms with van der Waals surface area (Å²) in [7, 11) is 0. The fraction of sp³-hybridized carbons (Fsp3) is 0.565. The largest absolute Gasteiger partial charge is 0.507 e. The molecule has 0 aromatic heterocycles. The fourth-order valence-electron chi connectivity index (χ4n) is 4.27. The first kappa shape index (κ1) is 23.4. The van der Waals surface area contributed by atoms with Crippen LogP contribution in [-0.4, -0.2) is 33.5 Å². The summed E-state index contributed by atoms with van der Waals surface area (Å²) in [4.78, 5) is 23.5. The molecule has 5 nitrogen and oxygen atoms in total. The van der Waals surface area contributed by atoms with Crippen LogP contribution in [0.25, 0.3) is 0 Å². The second kappa shape index (κ2) is 8.88. The second-order valence-electron chi connectivity index (χ2n) is 8.65. The Labute approximate surface area is 177 Å². The molecule has 160 valence electrons. The third-order valence-corrected chi connectivity index (χ3v) is 7.56. The molecule has 1 unspecified atom stereocenters. The van der Waals surface area contributed by atoms with Gasteiger partial charge in [0, 0.05) is 17.9 Å². The summed E-state index contributed by atoms with van der Waals surface area (Å²) in [6, 6.07) is 0. The van der Waals surface area contributed by atoms with Gasteiger partial charge in [0.2, 0.25) is 0 Å². The Kier molecular flexibility index (Phi) is 7.18. The van der Waals surface area contributed by atoms with E-state index in [1.807, 2.05) is 6.92 Å². The minimum atomic E-state index is -0.758. The van der Waals surface area contributed by atoms with Crippen LogP contribution < -0.4 is 0 Å². The lowest BCUT2D eigenvalue weighted by Crippen LogP contribution is -2.43. The van der Waals surface area contributed by atoms with Crippen LogP contribution in [0.4, 0.5) is 0 Å². The van der Waals surface area contributed by atoms with Crippen LogP contribution in [0.15, 0.2) is 11.6 Å². The van der Waals surface area contributed by atoms with Crippen molar-refractivity contribution >= 4 is 23.7 Å². The molecule has 0 amide bonds. The van der Waals surface area contributed by atoms with Crippen molar-refractivity contribution in [2.45, 2.75) is 66.4 Å². The van der Waals surface area contributed by atoms with Crippen LogP contribution in [0.3, 0.4) is 0 Å². The predicted molar refractivity (Wildman–Crippen MR) is 114 cm³/mol. The number of phenolic OH excluding ortho intramolecular Hbond substituents is 2. The van der Waals surface area contributed by atoms with Gasteiger partial charge in [-0.1, -0.05) is 38.4 Å². The number of aldehydes is 1. The van der Waals surface area contributed by atoms with E-state index in [-0.39, 0.29) is 51.2 Å². The highest BCUT2D eigenvalue weighted by Crippen LogP contribution is 2.47. The molecule has 0 heterocycles. The van der Waals surface area contributed by atoms with Gasteiger partial charge < -0.3 is 15.3 Å². The molecule has 1 aromatic rings. The normalized spacial score (nSPS) is 26.4. The lowest BCUT2D eigenvalue weighted by atomic mass is 9.59. The Morgan fingerprint density at radius 2 is 1.93 bits per heavy atom. The number of hydrogen-bond donors (Lipinski definition) is 3. The number of allylic oxidation sites excluding steroid dienone is 1. The molecule has 0 aliphatic heterocycles. The van der Waals surface area contributed by atoms with Gasteiger partial charge in [0.15, 0.2) is 6.29 Å². The first-order chi connectivity index (χ1) is 13.5. The quantitative estimate of drug-likeness (QED) is 0.454. The first-order valence-corrected chi connectivity index (χ1v) is 10.4. The summed E-state index contributed by atoms with van der Waals surface area (Å²) < 4.78 is 0. The molecular formula is C23H31ClO5. The standard InChI is InChI=1S/C23H31ClO5/c1-12(19(27)10-23(5)13(2)7-9-18(26)15(23)4)6-8-16-21(28)17(11-25)14(3)20(24)22(16)29/h6,11,13,15,19,27-29H,7-10H2,1-5H3/b12-6+/t13-,15+,19?,23+/m1/s1. The number of hydrogen-bond acceptors (Lipinski definition) is 5. The van der Waals surface area contributed by atoms with Crippen molar-refractivity contribution in [2.75, 3.05) is 0 Å². The lowest BCUT2D eigenvalue weighted by molar-refractivity contribution is -0.133. The zero-order valence-electron chi connectivity index (χ0n) is 17.8. The maximum absolute atomic E-state index is 12.2. The number of aromatic hydroxyl groups is 2. The van der Waals surface area contributed by atoms with Gasteiger partial charge in [0.25, 0.3) is 0 Å². The minimum Gasteiger partial charge on any atom is -0.507 e. The number of aliphatic hydroxyl groups is 1. The van der Waals surface area contributed by atoms with Gasteiger partial charge in [-0.2, -0.15) is 0 Å². The van der Waals surface area contributed by atoms with Gasteiger partial charge in [-0.15, -0.1) is 0 Å². The molecule has 29 heavy (non-hydrogen) atoms. The Hall–Kier alpha value is -1.85. The molecule has 1 saturated carbocycles. The number of Topliss-reactive ketones (excluding diaryl/α,β-unsaturated/α-hetero) is 1. The van der Waals surface area contributed by atoms with E-state index < -0.39 is 6.10 Å². The summed E-state index contributed by atoms with van der Waals surface area (Å²) in [5, 5.41) is 31.5. The maximum Gasteiger partial charge on any atom is 0.154 e. The van der Waals surface area contributed by atoms with Crippen LogP contribution in [0.5, 0.6) is 11.5 Å². The molecule has 1 aliphatic rings. The van der Waals surface area contributed by atoms with E-state index in [4.69, 9.17) is 11.6 Å². The zero-order chi connectivity index (χ0) is 22.1. The fourth-order valence-corrected chi connectivity index (χ4v) is 4.49. The van der Waals surface area contributed by atoms with Gasteiger partial charge in [-0.25, -0.2) is 0 Å². The van der Waals surface area contributed by atoms with E-state index in [2.05, 4.69) is 13.8 Å². The summed E-state index contributed by atoms with van der Waals surface area (Å²) in [5.41, 5.74) is 0.887. The average molecular weight is 423 g/mol. The van der Waals surface area contributed by atoms with Crippen molar-refractivity contribution in [3.63, 3.8) is 0 Å². The summed E-state index contributed by atoms with van der Waals surface area (Å²) in [5.74, 6) is -0.127. The molecule has 4 atom stereocenters. The van der Waals surface area contributed by atoms with Crippen LogP contribution in [0.1, 0.15) is 68.4 Å². The minimum absolute atomic E-state index is 0.0300. The number of aliphatic hydroxyl groups excluding tert-OH is 1. The number of halogens is 1. The second-order valence-corrected chi connectivity index (χ2v) is 9.03. The van der Waals surface area contributed by atoms with Gasteiger partial charge in [-0.05, 0) is 55.6 Å². The monoisotopic (exact) mass is 422 g/mol. The molecule has 0 bridgehead atoms. The van der Waals surface area contributed by atoms with Crippen LogP contribution in [0, 0.1) is 24.2 Å². The number of ketones is 1. The topological polar surface area (TPSA) is 94.8 Å². The number of rotatable bonds is 6. The Balaban J connectivity index is 2.25. The van der Waals surface area contributed by atoms with E-state index >= 15 is 0 Å². The van der Waals surface area contributed by atoms with Crippen LogP contribution in [-0.2, 0) is 11.2 Å². The van der Waals surface area contributed by atoms with E-state index in [0.29, 0.717) is 36.2 Å². The Bertz CT molecular complexity index is 844. The van der Waals surface area contributed by atoms with Gasteiger partial charge in [0.05, 0.1) is 16.7 Å². The van der Waals surface area contributed by atoms with Crippen LogP contribution >= 0.6 is 11.6 Å². The summed E-state index contributed by atoms with van der Waals surface area (Å²) in [6.07, 6.45) is 3.45. The zero-order valence-corrected chi connectivity index (χ0v) is 18.5. The average Bonchev–Trinajstić information content (AvgIpc) is 2.68. The van der Waals surface area contributed by atoms with Crippen LogP contribution in [0.2, 0.25) is 5.02 Å². The van der Waals surface area contributed by atoms with Crippen molar-refractivity contribution in [2.24, 2.45) is 17.3 Å². The molecule has 0 saturated heterocycles. The predicted octanol–water partition coefficient (Wildman–Crippen LogP) is 4.75. The van der Waals surface area contributed by atoms with Crippen molar-refractivity contribution < 1.29 is 24.9 Å². The molecule has 1 aromatic carbocycles. The molecule has 3 N–H and O–H groups in total. The third kappa shape index (κ3) is 4.36. The number of benzene rings is 1. The first-order valence-electron chi connectivity index (χ1n) is 10.0. The smallest absolute Gasteiger partial charge is 0.154 e. The molecule has 6 heteroatoms.